The molecule has 3 aromatic rings. The molecule has 28 heavy (non-hydrogen) atoms. The second-order valence-electron chi connectivity index (χ2n) is 7.66. The van der Waals surface area contributed by atoms with E-state index in [2.05, 4.69) is 34.7 Å². The topological polar surface area (TPSA) is 64.4 Å². The third kappa shape index (κ3) is 2.78. The number of benzene rings is 2. The normalized spacial score (nSPS) is 16.7. The van der Waals surface area contributed by atoms with Crippen LogP contribution in [0.3, 0.4) is 0 Å². The summed E-state index contributed by atoms with van der Waals surface area (Å²) in [5, 5.41) is 7.19. The van der Waals surface area contributed by atoms with E-state index in [0.29, 0.717) is 24.6 Å². The highest BCUT2D eigenvalue weighted by atomic mass is 16.5. The molecule has 1 aromatic heterocycles. The molecular formula is C23H22N2O3. The van der Waals surface area contributed by atoms with Gasteiger partial charge >= 0.3 is 0 Å². The fourth-order valence-electron chi connectivity index (χ4n) is 4.51. The minimum absolute atomic E-state index is 0.00379. The summed E-state index contributed by atoms with van der Waals surface area (Å²) in [5.41, 5.74) is 3.19. The van der Waals surface area contributed by atoms with Gasteiger partial charge in [-0.3, -0.25) is 4.79 Å². The molecule has 1 fully saturated rings. The SMILES string of the molecule is O=C(NCC1(c2ccccc2)CCCC1)c1noc2c1COc1ccccc1-2. The standard InChI is InChI=1S/C23H22N2O3/c26-22(24-15-23(12-6-7-13-23)16-8-2-1-3-9-16)20-18-14-27-19-11-5-4-10-17(19)21(18)28-25-20/h1-5,8-11H,6-7,12-15H2,(H,24,26). The molecule has 1 aliphatic carbocycles. The van der Waals surface area contributed by atoms with Crippen LogP contribution in [0.5, 0.6) is 5.75 Å². The summed E-state index contributed by atoms with van der Waals surface area (Å²) in [6.07, 6.45) is 4.55. The van der Waals surface area contributed by atoms with Gasteiger partial charge in [-0.2, -0.15) is 0 Å². The van der Waals surface area contributed by atoms with Gasteiger partial charge in [-0.25, -0.2) is 0 Å². The third-order valence-corrected chi connectivity index (χ3v) is 6.04. The maximum atomic E-state index is 12.9. The largest absolute Gasteiger partial charge is 0.488 e. The summed E-state index contributed by atoms with van der Waals surface area (Å²) in [7, 11) is 0. The summed E-state index contributed by atoms with van der Waals surface area (Å²) in [4.78, 5) is 12.9. The Morgan fingerprint density at radius 3 is 2.61 bits per heavy atom. The number of hydrogen-bond acceptors (Lipinski definition) is 4. The smallest absolute Gasteiger partial charge is 0.273 e. The molecule has 2 aromatic carbocycles. The summed E-state index contributed by atoms with van der Waals surface area (Å²) in [6.45, 7) is 0.900. The zero-order chi connectivity index (χ0) is 19.0. The van der Waals surface area contributed by atoms with Crippen LogP contribution in [0.15, 0.2) is 59.1 Å². The molecule has 5 nitrogen and oxygen atoms in total. The van der Waals surface area contributed by atoms with Gasteiger partial charge < -0.3 is 14.6 Å². The number of carbonyl (C=O) groups excluding carboxylic acids is 1. The van der Waals surface area contributed by atoms with E-state index in [9.17, 15) is 4.79 Å². The van der Waals surface area contributed by atoms with Crippen LogP contribution in [-0.2, 0) is 12.0 Å². The summed E-state index contributed by atoms with van der Waals surface area (Å²) in [6, 6.07) is 18.2. The van der Waals surface area contributed by atoms with Crippen molar-refractivity contribution in [2.45, 2.75) is 37.7 Å². The van der Waals surface area contributed by atoms with Crippen LogP contribution in [0.25, 0.3) is 11.3 Å². The van der Waals surface area contributed by atoms with Crippen molar-refractivity contribution in [3.05, 3.63) is 71.4 Å². The lowest BCUT2D eigenvalue weighted by Gasteiger charge is -2.30. The van der Waals surface area contributed by atoms with Gasteiger partial charge in [0.15, 0.2) is 11.5 Å². The lowest BCUT2D eigenvalue weighted by atomic mass is 9.79. The first-order valence-corrected chi connectivity index (χ1v) is 9.81. The Morgan fingerprint density at radius 1 is 1.04 bits per heavy atom. The number of nitrogens with one attached hydrogen (secondary N) is 1. The van der Waals surface area contributed by atoms with Crippen molar-refractivity contribution in [2.24, 2.45) is 0 Å². The summed E-state index contributed by atoms with van der Waals surface area (Å²) in [5.74, 6) is 1.19. The van der Waals surface area contributed by atoms with Crippen LogP contribution in [0.2, 0.25) is 0 Å². The van der Waals surface area contributed by atoms with Crippen molar-refractivity contribution < 1.29 is 14.1 Å². The number of nitrogens with zero attached hydrogens (tertiary/aromatic N) is 1. The van der Waals surface area contributed by atoms with Crippen LogP contribution in [0, 0.1) is 0 Å². The summed E-state index contributed by atoms with van der Waals surface area (Å²) >= 11 is 0. The second kappa shape index (κ2) is 6.82. The number of ether oxygens (including phenoxy) is 1. The first kappa shape index (κ1) is 17.0. The van der Waals surface area contributed by atoms with Crippen molar-refractivity contribution in [1.82, 2.24) is 10.5 Å². The average Bonchev–Trinajstić information content (AvgIpc) is 3.41. The van der Waals surface area contributed by atoms with Crippen molar-refractivity contribution in [3.63, 3.8) is 0 Å². The van der Waals surface area contributed by atoms with E-state index in [1.54, 1.807) is 0 Å². The Balaban J connectivity index is 1.38. The Kier molecular flexibility index (Phi) is 4.15. The van der Waals surface area contributed by atoms with Crippen molar-refractivity contribution in [2.75, 3.05) is 6.54 Å². The van der Waals surface area contributed by atoms with Crippen LogP contribution in [0.4, 0.5) is 0 Å². The Bertz CT molecular complexity index is 1000. The van der Waals surface area contributed by atoms with Gasteiger partial charge in [-0.1, -0.05) is 60.5 Å². The Labute approximate surface area is 163 Å². The molecule has 0 spiro atoms. The molecule has 1 N–H and O–H groups in total. The maximum absolute atomic E-state index is 12.9. The van der Waals surface area contributed by atoms with Gasteiger partial charge in [0.25, 0.3) is 5.91 Å². The molecule has 5 rings (SSSR count). The zero-order valence-corrected chi connectivity index (χ0v) is 15.6. The monoisotopic (exact) mass is 374 g/mol. The number of fused-ring (bicyclic) bond motifs is 3. The van der Waals surface area contributed by atoms with Gasteiger partial charge in [0.2, 0.25) is 0 Å². The molecule has 0 bridgehead atoms. The number of carbonyl (C=O) groups is 1. The number of para-hydroxylation sites is 1. The number of amides is 1. The molecule has 2 heterocycles. The fourth-order valence-corrected chi connectivity index (χ4v) is 4.51. The number of rotatable bonds is 4. The van der Waals surface area contributed by atoms with Gasteiger partial charge in [-0.05, 0) is 30.5 Å². The first-order chi connectivity index (χ1) is 13.8. The number of hydrogen-bond donors (Lipinski definition) is 1. The summed E-state index contributed by atoms with van der Waals surface area (Å²) < 4.78 is 11.3. The van der Waals surface area contributed by atoms with Gasteiger partial charge in [0.05, 0.1) is 11.1 Å². The number of aromatic nitrogens is 1. The van der Waals surface area contributed by atoms with Crippen LogP contribution < -0.4 is 10.1 Å². The zero-order valence-electron chi connectivity index (χ0n) is 15.6. The first-order valence-electron chi connectivity index (χ1n) is 9.81. The van der Waals surface area contributed by atoms with E-state index in [1.165, 1.54) is 18.4 Å². The van der Waals surface area contributed by atoms with Gasteiger partial charge in [0, 0.05) is 12.0 Å². The van der Waals surface area contributed by atoms with E-state index in [-0.39, 0.29) is 11.3 Å². The minimum atomic E-state index is -0.199. The van der Waals surface area contributed by atoms with E-state index in [0.717, 1.165) is 29.7 Å². The molecule has 0 radical (unpaired) electrons. The molecule has 1 aliphatic heterocycles. The Morgan fingerprint density at radius 2 is 1.79 bits per heavy atom. The molecule has 142 valence electrons. The molecular weight excluding hydrogens is 352 g/mol. The van der Waals surface area contributed by atoms with E-state index in [4.69, 9.17) is 9.26 Å². The lowest BCUT2D eigenvalue weighted by Crippen LogP contribution is -2.39. The van der Waals surface area contributed by atoms with E-state index < -0.39 is 0 Å². The predicted molar refractivity (Wildman–Crippen MR) is 105 cm³/mol. The Hall–Kier alpha value is -3.08. The van der Waals surface area contributed by atoms with E-state index in [1.807, 2.05) is 30.3 Å². The fraction of sp³-hybridized carbons (Fsp3) is 0.304. The molecule has 2 aliphatic rings. The molecule has 0 atom stereocenters. The van der Waals surface area contributed by atoms with Crippen LogP contribution in [0.1, 0.15) is 47.3 Å². The van der Waals surface area contributed by atoms with Crippen molar-refractivity contribution in [3.8, 4) is 17.1 Å². The highest BCUT2D eigenvalue weighted by molar-refractivity contribution is 5.95. The lowest BCUT2D eigenvalue weighted by molar-refractivity contribution is 0.0932. The highest BCUT2D eigenvalue weighted by Gasteiger charge is 2.36. The van der Waals surface area contributed by atoms with Crippen molar-refractivity contribution in [1.29, 1.82) is 0 Å². The maximum Gasteiger partial charge on any atom is 0.273 e. The molecule has 1 saturated carbocycles. The molecule has 5 heteroatoms. The van der Waals surface area contributed by atoms with Crippen LogP contribution in [-0.4, -0.2) is 17.6 Å². The van der Waals surface area contributed by atoms with Gasteiger partial charge in [-0.15, -0.1) is 0 Å². The van der Waals surface area contributed by atoms with Crippen LogP contribution >= 0.6 is 0 Å². The highest BCUT2D eigenvalue weighted by Crippen LogP contribution is 2.41. The minimum Gasteiger partial charge on any atom is -0.488 e. The molecule has 0 unspecified atom stereocenters. The van der Waals surface area contributed by atoms with E-state index >= 15 is 0 Å². The molecule has 0 saturated heterocycles. The second-order valence-corrected chi connectivity index (χ2v) is 7.66. The average molecular weight is 374 g/mol. The van der Waals surface area contributed by atoms with Crippen molar-refractivity contribution >= 4 is 5.91 Å². The van der Waals surface area contributed by atoms with Gasteiger partial charge in [0.1, 0.15) is 12.4 Å². The quantitative estimate of drug-likeness (QED) is 0.731. The molecule has 1 amide bonds. The predicted octanol–water partition coefficient (Wildman–Crippen LogP) is 4.48. The third-order valence-electron chi connectivity index (χ3n) is 6.04.